The second kappa shape index (κ2) is 9.13. The van der Waals surface area contributed by atoms with Crippen molar-refractivity contribution in [1.82, 2.24) is 4.90 Å². The fourth-order valence-corrected chi connectivity index (χ4v) is 3.94. The second-order valence-electron chi connectivity index (χ2n) is 7.44. The summed E-state index contributed by atoms with van der Waals surface area (Å²) in [4.78, 5) is 25.8. The van der Waals surface area contributed by atoms with Gasteiger partial charge in [-0.1, -0.05) is 6.07 Å². The molecule has 0 radical (unpaired) electrons. The number of rotatable bonds is 7. The van der Waals surface area contributed by atoms with Crippen LogP contribution in [0.5, 0.6) is 11.5 Å². The molecule has 1 fully saturated rings. The van der Waals surface area contributed by atoms with Gasteiger partial charge in [-0.05, 0) is 62.6 Å². The molecule has 1 atom stereocenters. The van der Waals surface area contributed by atoms with Gasteiger partial charge >= 0.3 is 0 Å². The summed E-state index contributed by atoms with van der Waals surface area (Å²) >= 11 is 0. The Labute approximate surface area is 175 Å². The maximum absolute atomic E-state index is 12.8. The van der Waals surface area contributed by atoms with E-state index in [1.54, 1.807) is 27.2 Å². The lowest BCUT2D eigenvalue weighted by Crippen LogP contribution is -2.33. The highest BCUT2D eigenvalue weighted by molar-refractivity contribution is 5.95. The average molecular weight is 413 g/mol. The molecule has 1 aliphatic heterocycles. The first-order chi connectivity index (χ1) is 14.3. The van der Waals surface area contributed by atoms with E-state index in [1.165, 1.54) is 6.07 Å². The number of carbonyl (C=O) groups is 1. The molecule has 8 nitrogen and oxygen atoms in total. The second-order valence-corrected chi connectivity index (χ2v) is 7.44. The number of aryl methyl sites for hydroxylation is 1. The van der Waals surface area contributed by atoms with Crippen LogP contribution in [0.15, 0.2) is 30.3 Å². The molecule has 2 aromatic carbocycles. The van der Waals surface area contributed by atoms with Crippen molar-refractivity contribution in [2.75, 3.05) is 32.6 Å². The summed E-state index contributed by atoms with van der Waals surface area (Å²) in [7, 11) is 3.24. The quantitative estimate of drug-likeness (QED) is 0.545. The molecule has 0 spiro atoms. The molecule has 0 saturated carbocycles. The standard InChI is InChI=1S/C22H27N3O5/c1-14-7-9-19(25(27)28)22(15(14)2)23-21(26)13-24-11-5-6-18(24)17-12-16(29-3)8-10-20(17)30-4/h7-10,12,18H,5-6,11,13H2,1-4H3,(H,23,26)/t18-/m1/s1. The van der Waals surface area contributed by atoms with Crippen molar-refractivity contribution in [1.29, 1.82) is 0 Å². The molecule has 0 aliphatic carbocycles. The summed E-state index contributed by atoms with van der Waals surface area (Å²) in [5.41, 5.74) is 2.72. The Morgan fingerprint density at radius 2 is 2.00 bits per heavy atom. The lowest BCUT2D eigenvalue weighted by molar-refractivity contribution is -0.384. The number of nitrogens with zero attached hydrogens (tertiary/aromatic N) is 2. The van der Waals surface area contributed by atoms with Crippen LogP contribution in [-0.2, 0) is 4.79 Å². The molecular formula is C22H27N3O5. The summed E-state index contributed by atoms with van der Waals surface area (Å²) in [5, 5.41) is 14.2. The average Bonchev–Trinajstić information content (AvgIpc) is 3.18. The predicted octanol–water partition coefficient (Wildman–Crippen LogP) is 4.00. The normalized spacial score (nSPS) is 16.3. The lowest BCUT2D eigenvalue weighted by Gasteiger charge is -2.26. The zero-order chi connectivity index (χ0) is 21.8. The van der Waals surface area contributed by atoms with E-state index in [0.29, 0.717) is 5.56 Å². The minimum Gasteiger partial charge on any atom is -0.497 e. The number of carbonyl (C=O) groups excluding carboxylic acids is 1. The van der Waals surface area contributed by atoms with Crippen LogP contribution >= 0.6 is 0 Å². The van der Waals surface area contributed by atoms with Crippen molar-refractivity contribution in [2.24, 2.45) is 0 Å². The first-order valence-electron chi connectivity index (χ1n) is 9.86. The van der Waals surface area contributed by atoms with Gasteiger partial charge in [0, 0.05) is 17.7 Å². The van der Waals surface area contributed by atoms with Gasteiger partial charge in [-0.25, -0.2) is 0 Å². The fraction of sp³-hybridized carbons (Fsp3) is 0.409. The molecular weight excluding hydrogens is 386 g/mol. The van der Waals surface area contributed by atoms with Gasteiger partial charge in [-0.2, -0.15) is 0 Å². The lowest BCUT2D eigenvalue weighted by atomic mass is 10.0. The Kier molecular flexibility index (Phi) is 6.56. The summed E-state index contributed by atoms with van der Waals surface area (Å²) in [5.74, 6) is 1.20. The van der Waals surface area contributed by atoms with Gasteiger partial charge < -0.3 is 14.8 Å². The van der Waals surface area contributed by atoms with Gasteiger partial charge in [0.25, 0.3) is 5.69 Å². The number of nitrogens with one attached hydrogen (secondary N) is 1. The molecule has 160 valence electrons. The smallest absolute Gasteiger partial charge is 0.293 e. The van der Waals surface area contributed by atoms with Crippen LogP contribution in [0.25, 0.3) is 0 Å². The summed E-state index contributed by atoms with van der Waals surface area (Å²) in [6, 6.07) is 8.77. The van der Waals surface area contributed by atoms with E-state index in [9.17, 15) is 14.9 Å². The molecule has 1 N–H and O–H groups in total. The number of nitro benzene ring substituents is 1. The highest BCUT2D eigenvalue weighted by Crippen LogP contribution is 2.39. The maximum Gasteiger partial charge on any atom is 0.293 e. The van der Waals surface area contributed by atoms with Crippen molar-refractivity contribution in [3.63, 3.8) is 0 Å². The van der Waals surface area contributed by atoms with E-state index < -0.39 is 4.92 Å². The van der Waals surface area contributed by atoms with Gasteiger partial charge in [-0.3, -0.25) is 19.8 Å². The van der Waals surface area contributed by atoms with Gasteiger partial charge in [0.15, 0.2) is 0 Å². The van der Waals surface area contributed by atoms with Crippen LogP contribution in [0.1, 0.15) is 35.6 Å². The van der Waals surface area contributed by atoms with Crippen LogP contribution in [0.3, 0.4) is 0 Å². The first kappa shape index (κ1) is 21.6. The zero-order valence-electron chi connectivity index (χ0n) is 17.7. The summed E-state index contributed by atoms with van der Waals surface area (Å²) in [6.07, 6.45) is 1.84. The highest BCUT2D eigenvalue weighted by Gasteiger charge is 2.31. The SMILES string of the molecule is COc1ccc(OC)c([C@H]2CCCN2CC(=O)Nc2c([N+](=O)[O-])ccc(C)c2C)c1. The molecule has 1 saturated heterocycles. The maximum atomic E-state index is 12.8. The van der Waals surface area contributed by atoms with Gasteiger partial charge in [0.05, 0.1) is 25.7 Å². The molecule has 0 aromatic heterocycles. The summed E-state index contributed by atoms with van der Waals surface area (Å²) < 4.78 is 10.9. The van der Waals surface area contributed by atoms with Crippen molar-refractivity contribution < 1.29 is 19.2 Å². The van der Waals surface area contributed by atoms with Crippen LogP contribution in [-0.4, -0.2) is 43.0 Å². The van der Waals surface area contributed by atoms with E-state index >= 15 is 0 Å². The van der Waals surface area contributed by atoms with Crippen molar-refractivity contribution >= 4 is 17.3 Å². The van der Waals surface area contributed by atoms with Crippen LogP contribution in [0.2, 0.25) is 0 Å². The molecule has 0 unspecified atom stereocenters. The number of hydrogen-bond acceptors (Lipinski definition) is 6. The monoisotopic (exact) mass is 413 g/mol. The molecule has 2 aromatic rings. The van der Waals surface area contributed by atoms with Crippen molar-refractivity contribution in [3.8, 4) is 11.5 Å². The molecule has 1 amide bonds. The number of benzene rings is 2. The minimum atomic E-state index is -0.470. The van der Waals surface area contributed by atoms with Crippen LogP contribution in [0.4, 0.5) is 11.4 Å². The molecule has 0 bridgehead atoms. The summed E-state index contributed by atoms with van der Waals surface area (Å²) in [6.45, 7) is 4.53. The van der Waals surface area contributed by atoms with Gasteiger partial charge in [0.2, 0.25) is 5.91 Å². The van der Waals surface area contributed by atoms with Crippen LogP contribution in [0, 0.1) is 24.0 Å². The van der Waals surface area contributed by atoms with Crippen LogP contribution < -0.4 is 14.8 Å². The van der Waals surface area contributed by atoms with E-state index in [4.69, 9.17) is 9.47 Å². The number of hydrogen-bond donors (Lipinski definition) is 1. The number of likely N-dealkylation sites (tertiary alicyclic amines) is 1. The molecule has 8 heteroatoms. The third-order valence-corrected chi connectivity index (χ3v) is 5.68. The fourth-order valence-electron chi connectivity index (χ4n) is 3.94. The Morgan fingerprint density at radius 3 is 2.67 bits per heavy atom. The number of methoxy groups -OCH3 is 2. The largest absolute Gasteiger partial charge is 0.497 e. The number of ether oxygens (including phenoxy) is 2. The van der Waals surface area contributed by atoms with E-state index in [0.717, 1.165) is 42.0 Å². The van der Waals surface area contributed by atoms with E-state index in [-0.39, 0.29) is 29.9 Å². The Hall–Kier alpha value is -3.13. The predicted molar refractivity (Wildman–Crippen MR) is 114 cm³/mol. The van der Waals surface area contributed by atoms with E-state index in [2.05, 4.69) is 10.2 Å². The molecule has 30 heavy (non-hydrogen) atoms. The molecule has 1 aliphatic rings. The highest BCUT2D eigenvalue weighted by atomic mass is 16.6. The van der Waals surface area contributed by atoms with Crippen molar-refractivity contribution in [3.05, 3.63) is 57.1 Å². The van der Waals surface area contributed by atoms with Gasteiger partial charge in [0.1, 0.15) is 17.2 Å². The van der Waals surface area contributed by atoms with Crippen molar-refractivity contribution in [2.45, 2.75) is 32.7 Å². The zero-order valence-corrected chi connectivity index (χ0v) is 17.7. The Balaban J connectivity index is 1.81. The van der Waals surface area contributed by atoms with E-state index in [1.807, 2.05) is 25.1 Å². The molecule has 3 rings (SSSR count). The third kappa shape index (κ3) is 4.38. The Bertz CT molecular complexity index is 960. The number of anilines is 1. The van der Waals surface area contributed by atoms with Gasteiger partial charge in [-0.15, -0.1) is 0 Å². The number of amides is 1. The minimum absolute atomic E-state index is 0.00870. The Morgan fingerprint density at radius 1 is 1.23 bits per heavy atom. The first-order valence-corrected chi connectivity index (χ1v) is 9.86. The number of nitro groups is 1. The third-order valence-electron chi connectivity index (χ3n) is 5.68. The topological polar surface area (TPSA) is 93.9 Å². The molecule has 1 heterocycles.